The van der Waals surface area contributed by atoms with E-state index in [0.29, 0.717) is 0 Å². The van der Waals surface area contributed by atoms with Crippen LogP contribution in [0.5, 0.6) is 0 Å². The third kappa shape index (κ3) is 3.81. The van der Waals surface area contributed by atoms with Crippen LogP contribution in [0.15, 0.2) is 155 Å². The Kier molecular flexibility index (Phi) is 5.16. The largest absolute Gasteiger partial charge is 0.456 e. The summed E-state index contributed by atoms with van der Waals surface area (Å²) in [6.45, 7) is 0. The Bertz CT molecular complexity index is 2450. The molecule has 0 spiro atoms. The molecule has 0 bridgehead atoms. The first-order chi connectivity index (χ1) is 21.3. The Balaban J connectivity index is 1.23. The molecule has 0 aliphatic heterocycles. The van der Waals surface area contributed by atoms with Gasteiger partial charge in [-0.1, -0.05) is 91.0 Å². The Morgan fingerprint density at radius 2 is 1.12 bits per heavy atom. The third-order valence-electron chi connectivity index (χ3n) is 8.31. The van der Waals surface area contributed by atoms with Crippen LogP contribution in [0.4, 0.5) is 17.2 Å². The van der Waals surface area contributed by atoms with Gasteiger partial charge in [0.25, 0.3) is 0 Å². The van der Waals surface area contributed by atoms with Crippen molar-refractivity contribution in [2.24, 2.45) is 0 Å². The summed E-state index contributed by atoms with van der Waals surface area (Å²) in [6, 6.07) is 48.1. The highest BCUT2D eigenvalue weighted by atomic mass is 16.3. The predicted molar refractivity (Wildman–Crippen MR) is 176 cm³/mol. The molecule has 3 heterocycles. The van der Waals surface area contributed by atoms with Crippen LogP contribution in [0, 0.1) is 0 Å². The first-order valence-corrected chi connectivity index (χ1v) is 14.4. The number of fused-ring (bicyclic) bond motifs is 8. The predicted octanol–water partition coefficient (Wildman–Crippen LogP) is 11.2. The van der Waals surface area contributed by atoms with Gasteiger partial charge in [0.2, 0.25) is 0 Å². The van der Waals surface area contributed by atoms with Gasteiger partial charge in [-0.3, -0.25) is 4.90 Å². The zero-order valence-corrected chi connectivity index (χ0v) is 23.1. The molecule has 6 aromatic carbocycles. The van der Waals surface area contributed by atoms with Crippen molar-refractivity contribution in [2.45, 2.75) is 0 Å². The van der Waals surface area contributed by atoms with Crippen LogP contribution < -0.4 is 4.90 Å². The minimum absolute atomic E-state index is 0.763. The molecule has 4 nitrogen and oxygen atoms in total. The van der Waals surface area contributed by atoms with Crippen molar-refractivity contribution in [2.75, 3.05) is 4.90 Å². The van der Waals surface area contributed by atoms with Gasteiger partial charge in [-0.2, -0.15) is 0 Å². The fourth-order valence-electron chi connectivity index (χ4n) is 6.25. The average Bonchev–Trinajstić information content (AvgIpc) is 3.63. The second kappa shape index (κ2) is 9.33. The molecule has 9 rings (SSSR count). The molecule has 0 fully saturated rings. The maximum absolute atomic E-state index is 6.43. The summed E-state index contributed by atoms with van der Waals surface area (Å²) >= 11 is 0. The van der Waals surface area contributed by atoms with E-state index in [4.69, 9.17) is 13.8 Å². The van der Waals surface area contributed by atoms with Crippen LogP contribution in [-0.4, -0.2) is 4.98 Å². The van der Waals surface area contributed by atoms with E-state index in [-0.39, 0.29) is 0 Å². The highest BCUT2D eigenvalue weighted by Crippen LogP contribution is 2.41. The van der Waals surface area contributed by atoms with Crippen molar-refractivity contribution >= 4 is 71.8 Å². The molecule has 0 unspecified atom stereocenters. The monoisotopic (exact) mass is 552 g/mol. The molecule has 0 saturated heterocycles. The van der Waals surface area contributed by atoms with Gasteiger partial charge in [0, 0.05) is 45.6 Å². The summed E-state index contributed by atoms with van der Waals surface area (Å²) in [4.78, 5) is 7.19. The van der Waals surface area contributed by atoms with Gasteiger partial charge < -0.3 is 8.83 Å². The SMILES string of the molecule is c1ccc(-c2ccc(N(c3ccc4c(c3)oc3ccccc34)c3cc4oc5ccc6ccccc6c5c4cn3)cc2)cc1. The number of hydrogen-bond acceptors (Lipinski definition) is 4. The Morgan fingerprint density at radius 3 is 2.00 bits per heavy atom. The van der Waals surface area contributed by atoms with E-state index in [9.17, 15) is 0 Å². The van der Waals surface area contributed by atoms with Crippen molar-refractivity contribution in [1.29, 1.82) is 0 Å². The highest BCUT2D eigenvalue weighted by Gasteiger charge is 2.19. The van der Waals surface area contributed by atoms with Gasteiger partial charge in [-0.25, -0.2) is 4.98 Å². The summed E-state index contributed by atoms with van der Waals surface area (Å²) < 4.78 is 12.7. The number of anilines is 3. The fraction of sp³-hybridized carbons (Fsp3) is 0. The average molecular weight is 553 g/mol. The molecule has 0 radical (unpaired) electrons. The third-order valence-corrected chi connectivity index (χ3v) is 8.31. The lowest BCUT2D eigenvalue weighted by atomic mass is 10.0. The van der Waals surface area contributed by atoms with Crippen LogP contribution in [0.2, 0.25) is 0 Å². The van der Waals surface area contributed by atoms with E-state index in [1.807, 2.05) is 42.6 Å². The van der Waals surface area contributed by atoms with Crippen molar-refractivity contribution in [3.05, 3.63) is 146 Å². The summed E-state index contributed by atoms with van der Waals surface area (Å²) in [5.41, 5.74) is 7.64. The van der Waals surface area contributed by atoms with E-state index in [1.165, 1.54) is 10.9 Å². The standard InChI is InChI=1S/C39H24N2O2/c1-2-8-25(9-3-1)26-14-17-28(18-15-26)41(29-19-20-32-31-12-6-7-13-34(31)42-36(32)22-29)38-23-37-33(24-40-38)39-30-11-5-4-10-27(30)16-21-35(39)43-37/h1-24H. The number of furan rings is 2. The van der Waals surface area contributed by atoms with Crippen LogP contribution in [-0.2, 0) is 0 Å². The second-order valence-corrected chi connectivity index (χ2v) is 10.8. The van der Waals surface area contributed by atoms with Gasteiger partial charge >= 0.3 is 0 Å². The smallest absolute Gasteiger partial charge is 0.141 e. The van der Waals surface area contributed by atoms with Gasteiger partial charge in [0.15, 0.2) is 0 Å². The van der Waals surface area contributed by atoms with Crippen molar-refractivity contribution in [3.63, 3.8) is 0 Å². The first kappa shape index (κ1) is 23.8. The summed E-state index contributed by atoms with van der Waals surface area (Å²) in [7, 11) is 0. The summed E-state index contributed by atoms with van der Waals surface area (Å²) in [5, 5.41) is 6.64. The van der Waals surface area contributed by atoms with Gasteiger partial charge in [0.05, 0.1) is 5.69 Å². The molecular weight excluding hydrogens is 528 g/mol. The maximum atomic E-state index is 6.43. The fourth-order valence-corrected chi connectivity index (χ4v) is 6.25. The quantitative estimate of drug-likeness (QED) is 0.218. The normalized spacial score (nSPS) is 11.7. The number of para-hydroxylation sites is 1. The van der Waals surface area contributed by atoms with Crippen LogP contribution >= 0.6 is 0 Å². The molecule has 4 heteroatoms. The van der Waals surface area contributed by atoms with Crippen LogP contribution in [0.3, 0.4) is 0 Å². The molecule has 0 aliphatic rings. The van der Waals surface area contributed by atoms with Crippen LogP contribution in [0.1, 0.15) is 0 Å². The lowest BCUT2D eigenvalue weighted by Crippen LogP contribution is -2.11. The Hall–Kier alpha value is -5.87. The van der Waals surface area contributed by atoms with E-state index < -0.39 is 0 Å². The molecular formula is C39H24N2O2. The van der Waals surface area contributed by atoms with Crippen molar-refractivity contribution in [3.8, 4) is 11.1 Å². The summed E-state index contributed by atoms with van der Waals surface area (Å²) in [5.74, 6) is 0.763. The minimum Gasteiger partial charge on any atom is -0.456 e. The van der Waals surface area contributed by atoms with Gasteiger partial charge in [-0.15, -0.1) is 0 Å². The second-order valence-electron chi connectivity index (χ2n) is 10.8. The molecule has 3 aromatic heterocycles. The number of pyridine rings is 1. The lowest BCUT2D eigenvalue weighted by molar-refractivity contribution is 0.669. The van der Waals surface area contributed by atoms with Gasteiger partial charge in [-0.05, 0) is 58.3 Å². The molecule has 0 atom stereocenters. The molecule has 9 aromatic rings. The maximum Gasteiger partial charge on any atom is 0.141 e. The van der Waals surface area contributed by atoms with Crippen molar-refractivity contribution in [1.82, 2.24) is 4.98 Å². The highest BCUT2D eigenvalue weighted by molar-refractivity contribution is 6.18. The molecule has 0 aliphatic carbocycles. The zero-order chi connectivity index (χ0) is 28.3. The molecule has 0 amide bonds. The van der Waals surface area contributed by atoms with Crippen molar-refractivity contribution < 1.29 is 8.83 Å². The minimum atomic E-state index is 0.763. The number of nitrogens with zero attached hydrogens (tertiary/aromatic N) is 2. The topological polar surface area (TPSA) is 42.4 Å². The number of rotatable bonds is 4. The van der Waals surface area contributed by atoms with E-state index in [1.54, 1.807) is 0 Å². The number of hydrogen-bond donors (Lipinski definition) is 0. The Labute approximate surface area is 247 Å². The molecule has 202 valence electrons. The Morgan fingerprint density at radius 1 is 0.442 bits per heavy atom. The van der Waals surface area contributed by atoms with E-state index in [2.05, 4.69) is 108 Å². The van der Waals surface area contributed by atoms with E-state index in [0.717, 1.165) is 72.0 Å². The van der Waals surface area contributed by atoms with E-state index >= 15 is 0 Å². The van der Waals surface area contributed by atoms with Crippen LogP contribution in [0.25, 0.3) is 65.8 Å². The lowest BCUT2D eigenvalue weighted by Gasteiger charge is -2.24. The number of benzene rings is 6. The van der Waals surface area contributed by atoms with Gasteiger partial charge in [0.1, 0.15) is 28.1 Å². The summed E-state index contributed by atoms with van der Waals surface area (Å²) in [6.07, 6.45) is 1.94. The molecule has 0 saturated carbocycles. The first-order valence-electron chi connectivity index (χ1n) is 14.4. The molecule has 43 heavy (non-hydrogen) atoms. The zero-order valence-electron chi connectivity index (χ0n) is 23.1. The molecule has 0 N–H and O–H groups in total. The number of aromatic nitrogens is 1.